The van der Waals surface area contributed by atoms with Crippen LogP contribution in [0.1, 0.15) is 24.0 Å². The van der Waals surface area contributed by atoms with Crippen LogP contribution in [0.5, 0.6) is 11.5 Å². The summed E-state index contributed by atoms with van der Waals surface area (Å²) in [6.07, 6.45) is 2.11. The number of nitrogens with one attached hydrogen (secondary N) is 1. The monoisotopic (exact) mass is 399 g/mol. The van der Waals surface area contributed by atoms with E-state index in [4.69, 9.17) is 26.3 Å². The Morgan fingerprint density at radius 2 is 2.00 bits per heavy atom. The van der Waals surface area contributed by atoms with Gasteiger partial charge in [0.2, 0.25) is 0 Å². The molecule has 1 aliphatic rings. The summed E-state index contributed by atoms with van der Waals surface area (Å²) in [6.45, 7) is 2.16. The fraction of sp³-hybridized carbons (Fsp3) is 0.333. The molecule has 0 bridgehead atoms. The molecule has 28 heavy (non-hydrogen) atoms. The average molecular weight is 400 g/mol. The van der Waals surface area contributed by atoms with Gasteiger partial charge < -0.3 is 19.7 Å². The number of methoxy groups -OCH3 is 1. The third-order valence-corrected chi connectivity index (χ3v) is 4.95. The average Bonchev–Trinajstić information content (AvgIpc) is 3.26. The van der Waals surface area contributed by atoms with Gasteiger partial charge in [0.1, 0.15) is 6.07 Å². The fourth-order valence-electron chi connectivity index (χ4n) is 3.06. The van der Waals surface area contributed by atoms with E-state index >= 15 is 0 Å². The van der Waals surface area contributed by atoms with Gasteiger partial charge in [0.15, 0.2) is 18.1 Å². The van der Waals surface area contributed by atoms with E-state index in [1.807, 2.05) is 23.1 Å². The van der Waals surface area contributed by atoms with Gasteiger partial charge in [0.05, 0.1) is 17.7 Å². The molecule has 0 radical (unpaired) electrons. The van der Waals surface area contributed by atoms with Gasteiger partial charge in [0, 0.05) is 25.3 Å². The van der Waals surface area contributed by atoms with Crippen LogP contribution >= 0.6 is 11.6 Å². The predicted molar refractivity (Wildman–Crippen MR) is 108 cm³/mol. The number of amides is 1. The predicted octanol–water partition coefficient (Wildman–Crippen LogP) is 3.83. The largest absolute Gasteiger partial charge is 0.493 e. The Labute approximate surface area is 169 Å². The van der Waals surface area contributed by atoms with Crippen molar-refractivity contribution in [2.75, 3.05) is 32.1 Å². The highest BCUT2D eigenvalue weighted by Gasteiger charge is 2.18. The molecule has 0 spiro atoms. The van der Waals surface area contributed by atoms with Crippen LogP contribution in [-0.4, -0.2) is 37.6 Å². The van der Waals surface area contributed by atoms with E-state index in [1.165, 1.54) is 0 Å². The highest BCUT2D eigenvalue weighted by atomic mass is 35.5. The number of hydrogen-bond acceptors (Lipinski definition) is 5. The molecule has 0 aliphatic carbocycles. The maximum absolute atomic E-state index is 12.1. The number of carbonyl (C=O) groups excluding carboxylic acids is 1. The zero-order chi connectivity index (χ0) is 19.9. The van der Waals surface area contributed by atoms with Crippen LogP contribution in [0.25, 0.3) is 0 Å². The van der Waals surface area contributed by atoms with Crippen LogP contribution in [-0.2, 0) is 11.3 Å². The van der Waals surface area contributed by atoms with Crippen LogP contribution in [0, 0.1) is 11.3 Å². The van der Waals surface area contributed by atoms with Gasteiger partial charge in [-0.15, -0.1) is 0 Å². The van der Waals surface area contributed by atoms with Crippen LogP contribution in [0.2, 0.25) is 5.02 Å². The summed E-state index contributed by atoms with van der Waals surface area (Å²) in [6, 6.07) is 12.9. The van der Waals surface area contributed by atoms with E-state index in [0.29, 0.717) is 28.6 Å². The van der Waals surface area contributed by atoms with Crippen molar-refractivity contribution in [1.82, 2.24) is 4.90 Å². The number of halogens is 1. The molecule has 0 atom stereocenters. The molecule has 0 saturated carbocycles. The SMILES string of the molecule is COc1cc(CNc2ccc(Cl)c(C#N)c2)ccc1OCC(=O)N1CCCC1. The number of carbonyl (C=O) groups is 1. The summed E-state index contributed by atoms with van der Waals surface area (Å²) in [5, 5.41) is 12.8. The third-order valence-electron chi connectivity index (χ3n) is 4.62. The quantitative estimate of drug-likeness (QED) is 0.765. The van der Waals surface area contributed by atoms with Gasteiger partial charge in [-0.2, -0.15) is 5.26 Å². The Hall–Kier alpha value is -2.91. The lowest BCUT2D eigenvalue weighted by Crippen LogP contribution is -2.32. The number of anilines is 1. The summed E-state index contributed by atoms with van der Waals surface area (Å²) >= 11 is 5.96. The van der Waals surface area contributed by atoms with Crippen molar-refractivity contribution in [2.45, 2.75) is 19.4 Å². The molecule has 1 fully saturated rings. The number of nitriles is 1. The summed E-state index contributed by atoms with van der Waals surface area (Å²) < 4.78 is 11.1. The Morgan fingerprint density at radius 3 is 2.71 bits per heavy atom. The lowest BCUT2D eigenvalue weighted by molar-refractivity contribution is -0.132. The standard InChI is InChI=1S/C21H22ClN3O3/c1-27-20-10-15(13-24-17-5-6-18(22)16(11-17)12-23)4-7-19(20)28-14-21(26)25-8-2-3-9-25/h4-7,10-11,24H,2-3,8-9,13-14H2,1H3. The van der Waals surface area contributed by atoms with E-state index in [0.717, 1.165) is 37.2 Å². The minimum atomic E-state index is 0.00123. The van der Waals surface area contributed by atoms with Crippen LogP contribution in [0.3, 0.4) is 0 Å². The molecule has 1 saturated heterocycles. The molecule has 1 aliphatic heterocycles. The molecular formula is C21H22ClN3O3. The zero-order valence-corrected chi connectivity index (χ0v) is 16.5. The normalized spacial score (nSPS) is 13.1. The Morgan fingerprint density at radius 1 is 1.21 bits per heavy atom. The molecule has 7 heteroatoms. The van der Waals surface area contributed by atoms with Crippen molar-refractivity contribution in [1.29, 1.82) is 5.26 Å². The smallest absolute Gasteiger partial charge is 0.260 e. The minimum Gasteiger partial charge on any atom is -0.493 e. The highest BCUT2D eigenvalue weighted by Crippen LogP contribution is 2.29. The Kier molecular flexibility index (Phi) is 6.62. The number of ether oxygens (including phenoxy) is 2. The first kappa shape index (κ1) is 19.8. The minimum absolute atomic E-state index is 0.00123. The molecule has 1 N–H and O–H groups in total. The number of likely N-dealkylation sites (tertiary alicyclic amines) is 1. The molecule has 2 aromatic carbocycles. The maximum atomic E-state index is 12.1. The van der Waals surface area contributed by atoms with E-state index in [9.17, 15) is 4.79 Å². The molecule has 3 rings (SSSR count). The van der Waals surface area contributed by atoms with Crippen molar-refractivity contribution in [3.05, 3.63) is 52.5 Å². The summed E-state index contributed by atoms with van der Waals surface area (Å²) in [5.41, 5.74) is 2.20. The molecule has 0 aromatic heterocycles. The molecule has 146 valence electrons. The molecule has 2 aromatic rings. The number of rotatable bonds is 7. The van der Waals surface area contributed by atoms with Crippen molar-refractivity contribution >= 4 is 23.2 Å². The van der Waals surface area contributed by atoms with Crippen molar-refractivity contribution in [2.24, 2.45) is 0 Å². The molecule has 6 nitrogen and oxygen atoms in total. The topological polar surface area (TPSA) is 74.6 Å². The number of benzene rings is 2. The first-order chi connectivity index (χ1) is 13.6. The first-order valence-corrected chi connectivity index (χ1v) is 9.49. The highest BCUT2D eigenvalue weighted by molar-refractivity contribution is 6.31. The van der Waals surface area contributed by atoms with Gasteiger partial charge in [-0.05, 0) is 48.7 Å². The molecule has 1 heterocycles. The Balaban J connectivity index is 1.61. The number of nitrogens with zero attached hydrogens (tertiary/aromatic N) is 2. The molecular weight excluding hydrogens is 378 g/mol. The Bertz CT molecular complexity index is 889. The zero-order valence-electron chi connectivity index (χ0n) is 15.7. The summed E-state index contributed by atoms with van der Waals surface area (Å²) in [4.78, 5) is 14.0. The van der Waals surface area contributed by atoms with Gasteiger partial charge >= 0.3 is 0 Å². The molecule has 0 unspecified atom stereocenters. The van der Waals surface area contributed by atoms with E-state index in [2.05, 4.69) is 11.4 Å². The molecule has 1 amide bonds. The van der Waals surface area contributed by atoms with E-state index < -0.39 is 0 Å². The van der Waals surface area contributed by atoms with Crippen LogP contribution in [0.4, 0.5) is 5.69 Å². The van der Waals surface area contributed by atoms with Crippen molar-refractivity contribution in [3.63, 3.8) is 0 Å². The second kappa shape index (κ2) is 9.34. The lowest BCUT2D eigenvalue weighted by Gasteiger charge is -2.17. The summed E-state index contributed by atoms with van der Waals surface area (Å²) in [7, 11) is 1.57. The van der Waals surface area contributed by atoms with Gasteiger partial charge in [-0.25, -0.2) is 0 Å². The van der Waals surface area contributed by atoms with Crippen LogP contribution < -0.4 is 14.8 Å². The van der Waals surface area contributed by atoms with Gasteiger partial charge in [0.25, 0.3) is 5.91 Å². The first-order valence-electron chi connectivity index (χ1n) is 9.11. The lowest BCUT2D eigenvalue weighted by atomic mass is 10.1. The van der Waals surface area contributed by atoms with Crippen molar-refractivity contribution < 1.29 is 14.3 Å². The second-order valence-electron chi connectivity index (χ2n) is 6.52. The maximum Gasteiger partial charge on any atom is 0.260 e. The van der Waals surface area contributed by atoms with Crippen molar-refractivity contribution in [3.8, 4) is 17.6 Å². The third kappa shape index (κ3) is 4.87. The van der Waals surface area contributed by atoms with Gasteiger partial charge in [-0.3, -0.25) is 4.79 Å². The van der Waals surface area contributed by atoms with Crippen LogP contribution in [0.15, 0.2) is 36.4 Å². The fourth-order valence-corrected chi connectivity index (χ4v) is 3.22. The van der Waals surface area contributed by atoms with Gasteiger partial charge in [-0.1, -0.05) is 17.7 Å². The summed E-state index contributed by atoms with van der Waals surface area (Å²) in [5.74, 6) is 1.11. The van der Waals surface area contributed by atoms with E-state index in [-0.39, 0.29) is 12.5 Å². The second-order valence-corrected chi connectivity index (χ2v) is 6.93. The number of hydrogen-bond donors (Lipinski definition) is 1. The van der Waals surface area contributed by atoms with E-state index in [1.54, 1.807) is 25.3 Å².